The molecule has 0 saturated heterocycles. The van der Waals surface area contributed by atoms with Gasteiger partial charge < -0.3 is 15.0 Å². The number of carbonyl (C=O) groups excluding carboxylic acids is 1. The molecule has 1 heterocycles. The zero-order valence-corrected chi connectivity index (χ0v) is 17.0. The third-order valence-corrected chi connectivity index (χ3v) is 5.12. The molecule has 148 valence electrons. The fourth-order valence-corrected chi connectivity index (χ4v) is 3.55. The summed E-state index contributed by atoms with van der Waals surface area (Å²) >= 11 is 0. The van der Waals surface area contributed by atoms with Gasteiger partial charge in [0.25, 0.3) is 0 Å². The molecule has 1 aromatic heterocycles. The summed E-state index contributed by atoms with van der Waals surface area (Å²) in [5.41, 5.74) is 3.56. The van der Waals surface area contributed by atoms with Gasteiger partial charge in [-0.05, 0) is 54.0 Å². The van der Waals surface area contributed by atoms with Gasteiger partial charge in [0, 0.05) is 30.1 Å². The molecule has 0 unspecified atom stereocenters. The van der Waals surface area contributed by atoms with Gasteiger partial charge in [-0.25, -0.2) is 0 Å². The number of rotatable bonds is 9. The second-order valence-corrected chi connectivity index (χ2v) is 7.78. The molecule has 0 spiro atoms. The van der Waals surface area contributed by atoms with E-state index < -0.39 is 0 Å². The molecule has 0 radical (unpaired) electrons. The van der Waals surface area contributed by atoms with Gasteiger partial charge in [0.1, 0.15) is 5.75 Å². The van der Waals surface area contributed by atoms with E-state index in [1.165, 1.54) is 11.1 Å². The Morgan fingerprint density at radius 3 is 2.64 bits per heavy atom. The Balaban J connectivity index is 1.83. The fourth-order valence-electron chi connectivity index (χ4n) is 3.55. The van der Waals surface area contributed by atoms with Crippen LogP contribution in [0.2, 0.25) is 0 Å². The average molecular weight is 379 g/mol. The van der Waals surface area contributed by atoms with E-state index in [2.05, 4.69) is 60.7 Å². The summed E-state index contributed by atoms with van der Waals surface area (Å²) in [5, 5.41) is 4.20. The minimum absolute atomic E-state index is 0.115. The molecular weight excluding hydrogens is 348 g/mol. The van der Waals surface area contributed by atoms with E-state index in [-0.39, 0.29) is 11.8 Å². The fraction of sp³-hybridized carbons (Fsp3) is 0.375. The van der Waals surface area contributed by atoms with Crippen LogP contribution in [0.5, 0.6) is 5.75 Å². The number of ether oxygens (including phenoxy) is 1. The lowest BCUT2D eigenvalue weighted by Gasteiger charge is -2.17. The number of nitrogens with one attached hydrogen (secondary N) is 2. The second-order valence-electron chi connectivity index (χ2n) is 7.78. The van der Waals surface area contributed by atoms with Crippen LogP contribution in [-0.4, -0.2) is 24.5 Å². The van der Waals surface area contributed by atoms with Crippen molar-refractivity contribution in [3.8, 4) is 5.75 Å². The lowest BCUT2D eigenvalue weighted by Crippen LogP contribution is -2.28. The number of benzene rings is 2. The zero-order chi connectivity index (χ0) is 19.9. The second kappa shape index (κ2) is 9.45. The van der Waals surface area contributed by atoms with E-state index >= 15 is 0 Å². The number of aromatic nitrogens is 1. The largest absolute Gasteiger partial charge is 0.497 e. The number of hydrogen-bond acceptors (Lipinski definition) is 2. The number of fused-ring (bicyclic) bond motifs is 1. The van der Waals surface area contributed by atoms with Gasteiger partial charge in [0.15, 0.2) is 0 Å². The normalized spacial score (nSPS) is 12.3. The summed E-state index contributed by atoms with van der Waals surface area (Å²) in [7, 11) is 1.68. The number of carbonyl (C=O) groups is 1. The summed E-state index contributed by atoms with van der Waals surface area (Å²) in [6.07, 6.45) is 4.40. The summed E-state index contributed by atoms with van der Waals surface area (Å²) in [5.74, 6) is 1.54. The minimum atomic E-state index is 0.115. The monoisotopic (exact) mass is 378 g/mol. The van der Waals surface area contributed by atoms with Gasteiger partial charge >= 0.3 is 0 Å². The first kappa shape index (κ1) is 20.0. The highest BCUT2D eigenvalue weighted by Crippen LogP contribution is 2.33. The standard InChI is InChI=1S/C24H30N2O2/c1-17(2)15-26-24(27)13-19(10-9-18-7-5-4-6-8-18)22-16-25-23-12-11-20(28-3)14-21(22)23/h4-8,11-12,14,16-17,19,25H,9-10,13,15H2,1-3H3,(H,26,27)/t19-/m1/s1. The number of amides is 1. The van der Waals surface area contributed by atoms with Gasteiger partial charge in [0.05, 0.1) is 7.11 Å². The maximum atomic E-state index is 12.6. The Labute approximate surface area is 167 Å². The highest BCUT2D eigenvalue weighted by atomic mass is 16.5. The van der Waals surface area contributed by atoms with Crippen molar-refractivity contribution in [2.45, 2.75) is 39.0 Å². The summed E-state index contributed by atoms with van der Waals surface area (Å²) in [4.78, 5) is 15.9. The number of aromatic amines is 1. The molecule has 0 saturated carbocycles. The number of H-pyrrole nitrogens is 1. The van der Waals surface area contributed by atoms with Crippen LogP contribution in [0.25, 0.3) is 10.9 Å². The van der Waals surface area contributed by atoms with Crippen molar-refractivity contribution < 1.29 is 9.53 Å². The number of hydrogen-bond donors (Lipinski definition) is 2. The first-order valence-corrected chi connectivity index (χ1v) is 10.0. The van der Waals surface area contributed by atoms with E-state index in [1.807, 2.05) is 18.2 Å². The van der Waals surface area contributed by atoms with E-state index in [9.17, 15) is 4.79 Å². The third kappa shape index (κ3) is 5.16. The molecule has 0 fully saturated rings. The van der Waals surface area contributed by atoms with Crippen LogP contribution < -0.4 is 10.1 Å². The quantitative estimate of drug-likeness (QED) is 0.547. The van der Waals surface area contributed by atoms with E-state index in [1.54, 1.807) is 7.11 Å². The van der Waals surface area contributed by atoms with Crippen LogP contribution >= 0.6 is 0 Å². The number of methoxy groups -OCH3 is 1. The molecule has 1 atom stereocenters. The van der Waals surface area contributed by atoms with Crippen LogP contribution in [0, 0.1) is 5.92 Å². The molecule has 3 rings (SSSR count). The van der Waals surface area contributed by atoms with Gasteiger partial charge in [-0.15, -0.1) is 0 Å². The van der Waals surface area contributed by atoms with Crippen LogP contribution in [0.4, 0.5) is 0 Å². The Morgan fingerprint density at radius 2 is 1.93 bits per heavy atom. The number of aryl methyl sites for hydroxylation is 1. The minimum Gasteiger partial charge on any atom is -0.497 e. The first-order valence-electron chi connectivity index (χ1n) is 10.0. The van der Waals surface area contributed by atoms with Gasteiger partial charge in [0.2, 0.25) is 5.91 Å². The van der Waals surface area contributed by atoms with Crippen molar-refractivity contribution >= 4 is 16.8 Å². The maximum absolute atomic E-state index is 12.6. The van der Waals surface area contributed by atoms with Crippen molar-refractivity contribution in [3.05, 3.63) is 65.9 Å². The van der Waals surface area contributed by atoms with Crippen molar-refractivity contribution in [1.29, 1.82) is 0 Å². The summed E-state index contributed by atoms with van der Waals surface area (Å²) < 4.78 is 5.41. The van der Waals surface area contributed by atoms with Crippen LogP contribution in [0.3, 0.4) is 0 Å². The van der Waals surface area contributed by atoms with Crippen molar-refractivity contribution in [2.24, 2.45) is 5.92 Å². The first-order chi connectivity index (χ1) is 13.6. The van der Waals surface area contributed by atoms with Crippen LogP contribution in [0.1, 0.15) is 43.7 Å². The topological polar surface area (TPSA) is 54.1 Å². The molecule has 2 N–H and O–H groups in total. The molecule has 1 amide bonds. The highest BCUT2D eigenvalue weighted by molar-refractivity contribution is 5.86. The Bertz CT molecular complexity index is 899. The van der Waals surface area contributed by atoms with Crippen LogP contribution in [-0.2, 0) is 11.2 Å². The van der Waals surface area contributed by atoms with Gasteiger partial charge in [-0.1, -0.05) is 44.2 Å². The van der Waals surface area contributed by atoms with E-state index in [0.29, 0.717) is 18.9 Å². The summed E-state index contributed by atoms with van der Waals surface area (Å²) in [6.45, 7) is 4.93. The Hall–Kier alpha value is -2.75. The molecule has 4 heteroatoms. The lowest BCUT2D eigenvalue weighted by atomic mass is 9.89. The average Bonchev–Trinajstić information content (AvgIpc) is 3.13. The maximum Gasteiger partial charge on any atom is 0.220 e. The summed E-state index contributed by atoms with van der Waals surface area (Å²) in [6, 6.07) is 16.5. The Kier molecular flexibility index (Phi) is 6.75. The highest BCUT2D eigenvalue weighted by Gasteiger charge is 2.20. The zero-order valence-electron chi connectivity index (χ0n) is 17.0. The van der Waals surface area contributed by atoms with Gasteiger partial charge in [-0.3, -0.25) is 4.79 Å². The molecule has 3 aromatic rings. The molecule has 28 heavy (non-hydrogen) atoms. The molecule has 2 aromatic carbocycles. The molecule has 0 bridgehead atoms. The van der Waals surface area contributed by atoms with Crippen molar-refractivity contribution in [3.63, 3.8) is 0 Å². The molecule has 0 aliphatic carbocycles. The third-order valence-electron chi connectivity index (χ3n) is 5.12. The SMILES string of the molecule is COc1ccc2[nH]cc([C@H](CCc3ccccc3)CC(=O)NCC(C)C)c2c1. The van der Waals surface area contributed by atoms with Crippen LogP contribution in [0.15, 0.2) is 54.7 Å². The Morgan fingerprint density at radius 1 is 1.14 bits per heavy atom. The van der Waals surface area contributed by atoms with E-state index in [4.69, 9.17) is 4.74 Å². The van der Waals surface area contributed by atoms with Crippen molar-refractivity contribution in [1.82, 2.24) is 10.3 Å². The molecule has 0 aliphatic heterocycles. The smallest absolute Gasteiger partial charge is 0.220 e. The molecule has 0 aliphatic rings. The molecule has 4 nitrogen and oxygen atoms in total. The van der Waals surface area contributed by atoms with Crippen molar-refractivity contribution in [2.75, 3.05) is 13.7 Å². The molecular formula is C24H30N2O2. The predicted octanol–water partition coefficient (Wildman–Crippen LogP) is 5.06. The predicted molar refractivity (Wildman–Crippen MR) is 115 cm³/mol. The lowest BCUT2D eigenvalue weighted by molar-refractivity contribution is -0.121. The van der Waals surface area contributed by atoms with E-state index in [0.717, 1.165) is 29.5 Å². The van der Waals surface area contributed by atoms with Gasteiger partial charge in [-0.2, -0.15) is 0 Å².